The molecule has 0 radical (unpaired) electrons. The van der Waals surface area contributed by atoms with Crippen LogP contribution in [0, 0.1) is 0 Å². The normalized spacial score (nSPS) is 25.0. The molecule has 120 valence electrons. The van der Waals surface area contributed by atoms with E-state index in [0.29, 0.717) is 11.8 Å². The smallest absolute Gasteiger partial charge is 0.339 e. The van der Waals surface area contributed by atoms with Crippen LogP contribution in [0.25, 0.3) is 10.8 Å². The SMILES string of the molecule is CC1c2cccc3c(C(=O)OC4(C)CCCC4)ccc(c23)C1C. The predicted octanol–water partition coefficient (Wildman–Crippen LogP) is 5.55. The molecular formula is C21H24O2. The third-order valence-electron chi connectivity index (χ3n) is 6.06. The van der Waals surface area contributed by atoms with Crippen LogP contribution < -0.4 is 0 Å². The molecular weight excluding hydrogens is 284 g/mol. The highest BCUT2D eigenvalue weighted by Crippen LogP contribution is 2.47. The number of ether oxygens (including phenoxy) is 1. The summed E-state index contributed by atoms with van der Waals surface area (Å²) in [5, 5.41) is 2.33. The van der Waals surface area contributed by atoms with E-state index < -0.39 is 0 Å². The average molecular weight is 308 g/mol. The number of hydrogen-bond acceptors (Lipinski definition) is 2. The van der Waals surface area contributed by atoms with E-state index in [1.54, 1.807) is 0 Å². The van der Waals surface area contributed by atoms with Crippen LogP contribution in [-0.4, -0.2) is 11.6 Å². The fourth-order valence-corrected chi connectivity index (χ4v) is 4.44. The quantitative estimate of drug-likeness (QED) is 0.680. The highest BCUT2D eigenvalue weighted by molar-refractivity contribution is 6.07. The highest BCUT2D eigenvalue weighted by atomic mass is 16.6. The van der Waals surface area contributed by atoms with Crippen molar-refractivity contribution in [2.75, 3.05) is 0 Å². The van der Waals surface area contributed by atoms with E-state index in [1.807, 2.05) is 6.07 Å². The van der Waals surface area contributed by atoms with E-state index in [1.165, 1.54) is 16.5 Å². The summed E-state index contributed by atoms with van der Waals surface area (Å²) in [4.78, 5) is 12.8. The molecule has 0 heterocycles. The molecule has 0 saturated heterocycles. The van der Waals surface area contributed by atoms with E-state index in [4.69, 9.17) is 4.74 Å². The lowest BCUT2D eigenvalue weighted by Gasteiger charge is -2.24. The Hall–Kier alpha value is -1.83. The summed E-state index contributed by atoms with van der Waals surface area (Å²) in [5.74, 6) is 0.852. The molecule has 23 heavy (non-hydrogen) atoms. The molecule has 2 heteroatoms. The number of carbonyl (C=O) groups is 1. The molecule has 0 aromatic heterocycles. The molecule has 0 amide bonds. The minimum atomic E-state index is -0.277. The second-order valence-corrected chi connectivity index (χ2v) is 7.60. The van der Waals surface area contributed by atoms with Crippen LogP contribution in [0.5, 0.6) is 0 Å². The molecule has 1 fully saturated rings. The summed E-state index contributed by atoms with van der Waals surface area (Å²) < 4.78 is 5.91. The van der Waals surface area contributed by atoms with Gasteiger partial charge in [-0.1, -0.05) is 38.1 Å². The summed E-state index contributed by atoms with van der Waals surface area (Å²) in [7, 11) is 0. The molecule has 2 aromatic carbocycles. The Morgan fingerprint density at radius 2 is 1.70 bits per heavy atom. The molecule has 4 rings (SSSR count). The summed E-state index contributed by atoms with van der Waals surface area (Å²) in [6.07, 6.45) is 4.27. The summed E-state index contributed by atoms with van der Waals surface area (Å²) in [6.45, 7) is 6.62. The van der Waals surface area contributed by atoms with E-state index in [-0.39, 0.29) is 11.6 Å². The van der Waals surface area contributed by atoms with E-state index in [2.05, 4.69) is 45.0 Å². The van der Waals surface area contributed by atoms with E-state index in [9.17, 15) is 4.79 Å². The van der Waals surface area contributed by atoms with Gasteiger partial charge >= 0.3 is 5.97 Å². The third-order valence-corrected chi connectivity index (χ3v) is 6.06. The largest absolute Gasteiger partial charge is 0.456 e. The first-order valence-electron chi connectivity index (χ1n) is 8.79. The van der Waals surface area contributed by atoms with Crippen molar-refractivity contribution in [2.24, 2.45) is 0 Å². The van der Waals surface area contributed by atoms with Crippen LogP contribution in [0.15, 0.2) is 30.3 Å². The van der Waals surface area contributed by atoms with Crippen LogP contribution in [0.1, 0.15) is 79.8 Å². The van der Waals surface area contributed by atoms with Gasteiger partial charge in [0.25, 0.3) is 0 Å². The number of carbonyl (C=O) groups excluding carboxylic acids is 1. The first-order chi connectivity index (χ1) is 11.0. The molecule has 2 nitrogen and oxygen atoms in total. The minimum absolute atomic E-state index is 0.162. The maximum atomic E-state index is 12.8. The van der Waals surface area contributed by atoms with Gasteiger partial charge in [-0.3, -0.25) is 0 Å². The topological polar surface area (TPSA) is 26.3 Å². The Kier molecular flexibility index (Phi) is 3.26. The van der Waals surface area contributed by atoms with Crippen molar-refractivity contribution in [1.82, 2.24) is 0 Å². The van der Waals surface area contributed by atoms with Crippen molar-refractivity contribution in [3.05, 3.63) is 47.0 Å². The monoisotopic (exact) mass is 308 g/mol. The highest BCUT2D eigenvalue weighted by Gasteiger charge is 2.34. The van der Waals surface area contributed by atoms with E-state index >= 15 is 0 Å². The lowest BCUT2D eigenvalue weighted by Crippen LogP contribution is -2.28. The minimum Gasteiger partial charge on any atom is -0.456 e. The van der Waals surface area contributed by atoms with Crippen molar-refractivity contribution >= 4 is 16.7 Å². The number of hydrogen-bond donors (Lipinski definition) is 0. The Balaban J connectivity index is 1.79. The molecule has 0 spiro atoms. The molecule has 2 aliphatic carbocycles. The fourth-order valence-electron chi connectivity index (χ4n) is 4.44. The zero-order valence-electron chi connectivity index (χ0n) is 14.2. The van der Waals surface area contributed by atoms with Gasteiger partial charge in [-0.15, -0.1) is 0 Å². The lowest BCUT2D eigenvalue weighted by molar-refractivity contribution is -0.00586. The second kappa shape index (κ2) is 5.09. The van der Waals surface area contributed by atoms with Crippen LogP contribution >= 0.6 is 0 Å². The zero-order chi connectivity index (χ0) is 16.2. The fraction of sp³-hybridized carbons (Fsp3) is 0.476. The van der Waals surface area contributed by atoms with Gasteiger partial charge in [0.05, 0.1) is 5.56 Å². The van der Waals surface area contributed by atoms with Crippen LogP contribution in [0.4, 0.5) is 0 Å². The third kappa shape index (κ3) is 2.19. The van der Waals surface area contributed by atoms with Crippen LogP contribution in [0.2, 0.25) is 0 Å². The second-order valence-electron chi connectivity index (χ2n) is 7.60. The summed E-state index contributed by atoms with van der Waals surface area (Å²) >= 11 is 0. The molecule has 1 saturated carbocycles. The molecule has 2 aromatic rings. The van der Waals surface area contributed by atoms with Gasteiger partial charge in [-0.05, 0) is 72.4 Å². The molecule has 0 N–H and O–H groups in total. The predicted molar refractivity (Wildman–Crippen MR) is 93.1 cm³/mol. The maximum absolute atomic E-state index is 12.8. The molecule has 2 atom stereocenters. The van der Waals surface area contributed by atoms with Crippen molar-refractivity contribution < 1.29 is 9.53 Å². The standard InChI is InChI=1S/C21H24O2/c1-13-14(2)16-9-10-18(17-8-6-7-15(13)19(16)17)20(22)23-21(3)11-4-5-12-21/h6-10,13-14H,4-5,11-12H2,1-3H3. The van der Waals surface area contributed by atoms with Crippen molar-refractivity contribution in [3.8, 4) is 0 Å². The Morgan fingerprint density at radius 3 is 2.39 bits per heavy atom. The van der Waals surface area contributed by atoms with Gasteiger partial charge < -0.3 is 4.74 Å². The van der Waals surface area contributed by atoms with Gasteiger partial charge in [-0.2, -0.15) is 0 Å². The Labute approximate surface area is 137 Å². The number of rotatable bonds is 2. The van der Waals surface area contributed by atoms with Crippen molar-refractivity contribution in [1.29, 1.82) is 0 Å². The Morgan fingerprint density at radius 1 is 1.04 bits per heavy atom. The maximum Gasteiger partial charge on any atom is 0.339 e. The summed E-state index contributed by atoms with van der Waals surface area (Å²) in [6, 6.07) is 10.4. The van der Waals surface area contributed by atoms with Crippen LogP contribution in [0.3, 0.4) is 0 Å². The van der Waals surface area contributed by atoms with Gasteiger partial charge in [-0.25, -0.2) is 4.79 Å². The molecule has 2 unspecified atom stereocenters. The lowest BCUT2D eigenvalue weighted by atomic mass is 9.93. The van der Waals surface area contributed by atoms with E-state index in [0.717, 1.165) is 36.6 Å². The number of esters is 1. The van der Waals surface area contributed by atoms with Crippen LogP contribution in [-0.2, 0) is 4.74 Å². The first-order valence-corrected chi connectivity index (χ1v) is 8.79. The van der Waals surface area contributed by atoms with Gasteiger partial charge in [0.2, 0.25) is 0 Å². The zero-order valence-corrected chi connectivity index (χ0v) is 14.2. The first kappa shape index (κ1) is 14.7. The Bertz CT molecular complexity index is 770. The molecule has 2 aliphatic rings. The molecule has 0 aliphatic heterocycles. The molecule has 0 bridgehead atoms. The average Bonchev–Trinajstić information content (AvgIpc) is 3.06. The summed E-state index contributed by atoms with van der Waals surface area (Å²) in [5.41, 5.74) is 3.18. The van der Waals surface area contributed by atoms with Gasteiger partial charge in [0.15, 0.2) is 0 Å². The van der Waals surface area contributed by atoms with Gasteiger partial charge in [0, 0.05) is 0 Å². The van der Waals surface area contributed by atoms with Crippen molar-refractivity contribution in [2.45, 2.75) is 63.9 Å². The van der Waals surface area contributed by atoms with Gasteiger partial charge in [0.1, 0.15) is 5.60 Å². The van der Waals surface area contributed by atoms with Crippen molar-refractivity contribution in [3.63, 3.8) is 0 Å². The number of benzene rings is 2.